The standard InChI is InChI=1S/C58H37N3O/c1-5-19-38(20-6-1)55-59-56(39-21-7-2-8-22-39)61-57(60-55)47-31-18-34-52-54(47)48-37-40(35-36-51(48)62-52)43-27-13-14-28-44(43)45-30-17-33-50-53(45)46-29-15-16-32-49(46)58(50,41-23-9-3-10-24-41)42-25-11-4-12-26-42/h1-37H. The average molecular weight is 792 g/mol. The number of aromatic nitrogens is 3. The van der Waals surface area contributed by atoms with Crippen LogP contribution in [0.5, 0.6) is 0 Å². The summed E-state index contributed by atoms with van der Waals surface area (Å²) in [4.78, 5) is 15.2. The summed E-state index contributed by atoms with van der Waals surface area (Å²) in [6.45, 7) is 0. The molecule has 0 radical (unpaired) electrons. The first-order chi connectivity index (χ1) is 30.8. The summed E-state index contributed by atoms with van der Waals surface area (Å²) in [5, 5.41) is 1.97. The molecule has 0 saturated heterocycles. The largest absolute Gasteiger partial charge is 0.456 e. The van der Waals surface area contributed by atoms with E-state index in [2.05, 4.69) is 152 Å². The average Bonchev–Trinajstić information content (AvgIpc) is 3.89. The Morgan fingerprint density at radius 1 is 0.323 bits per heavy atom. The maximum Gasteiger partial charge on any atom is 0.164 e. The number of nitrogens with zero attached hydrogens (tertiary/aromatic N) is 3. The van der Waals surface area contributed by atoms with Crippen molar-refractivity contribution < 1.29 is 4.42 Å². The second kappa shape index (κ2) is 14.5. The van der Waals surface area contributed by atoms with Gasteiger partial charge in [0, 0.05) is 27.5 Å². The fourth-order valence-electron chi connectivity index (χ4n) is 9.80. The topological polar surface area (TPSA) is 51.8 Å². The van der Waals surface area contributed by atoms with Crippen molar-refractivity contribution in [1.29, 1.82) is 0 Å². The molecule has 0 unspecified atom stereocenters. The van der Waals surface area contributed by atoms with Crippen LogP contribution in [0.1, 0.15) is 22.3 Å². The quantitative estimate of drug-likeness (QED) is 0.161. The van der Waals surface area contributed by atoms with Gasteiger partial charge in [-0.2, -0.15) is 0 Å². The number of hydrogen-bond acceptors (Lipinski definition) is 4. The highest BCUT2D eigenvalue weighted by Crippen LogP contribution is 2.58. The van der Waals surface area contributed by atoms with E-state index in [1.807, 2.05) is 72.8 Å². The third kappa shape index (κ3) is 5.58. The summed E-state index contributed by atoms with van der Waals surface area (Å²) in [5.74, 6) is 1.83. The predicted molar refractivity (Wildman–Crippen MR) is 252 cm³/mol. The number of benzene rings is 9. The van der Waals surface area contributed by atoms with Crippen molar-refractivity contribution >= 4 is 21.9 Å². The molecule has 0 atom stereocenters. The molecule has 62 heavy (non-hydrogen) atoms. The van der Waals surface area contributed by atoms with Crippen LogP contribution in [0.4, 0.5) is 0 Å². The minimum Gasteiger partial charge on any atom is -0.456 e. The highest BCUT2D eigenvalue weighted by molar-refractivity contribution is 6.13. The van der Waals surface area contributed by atoms with Gasteiger partial charge in [-0.3, -0.25) is 0 Å². The van der Waals surface area contributed by atoms with Gasteiger partial charge >= 0.3 is 0 Å². The molecule has 0 spiro atoms. The van der Waals surface area contributed by atoms with Gasteiger partial charge in [-0.25, -0.2) is 15.0 Å². The summed E-state index contributed by atoms with van der Waals surface area (Å²) in [6.07, 6.45) is 0. The predicted octanol–water partition coefficient (Wildman–Crippen LogP) is 14.5. The molecule has 4 nitrogen and oxygen atoms in total. The molecule has 0 saturated carbocycles. The van der Waals surface area contributed by atoms with Crippen LogP contribution in [0.25, 0.3) is 89.5 Å². The van der Waals surface area contributed by atoms with E-state index >= 15 is 0 Å². The molecule has 290 valence electrons. The first kappa shape index (κ1) is 35.7. The van der Waals surface area contributed by atoms with Crippen LogP contribution in [-0.2, 0) is 5.41 Å². The van der Waals surface area contributed by atoms with Gasteiger partial charge < -0.3 is 4.42 Å². The zero-order chi connectivity index (χ0) is 41.0. The monoisotopic (exact) mass is 791 g/mol. The SMILES string of the molecule is c1ccc(-c2nc(-c3ccccc3)nc(-c3cccc4oc5ccc(-c6ccccc6-c6cccc7c6-c6ccccc6C7(c6ccccc6)c6ccccc6)cc5c34)n2)cc1. The molecule has 11 aromatic rings. The van der Waals surface area contributed by atoms with Crippen LogP contribution >= 0.6 is 0 Å². The molecule has 12 rings (SSSR count). The Bertz CT molecular complexity index is 3350. The Hall–Kier alpha value is -8.21. The maximum absolute atomic E-state index is 6.59. The number of hydrogen-bond donors (Lipinski definition) is 0. The summed E-state index contributed by atoms with van der Waals surface area (Å²) in [5.41, 5.74) is 16.0. The van der Waals surface area contributed by atoms with E-state index in [-0.39, 0.29) is 0 Å². The lowest BCUT2D eigenvalue weighted by atomic mass is 9.67. The summed E-state index contributed by atoms with van der Waals surface area (Å²) in [7, 11) is 0. The molecule has 0 bridgehead atoms. The lowest BCUT2D eigenvalue weighted by molar-refractivity contribution is 0.669. The number of furan rings is 1. The van der Waals surface area contributed by atoms with Gasteiger partial charge in [0.1, 0.15) is 11.2 Å². The molecule has 2 heterocycles. The van der Waals surface area contributed by atoms with Gasteiger partial charge in [0.15, 0.2) is 17.5 Å². The number of rotatable bonds is 7. The van der Waals surface area contributed by atoms with Crippen LogP contribution in [-0.4, -0.2) is 15.0 Å². The van der Waals surface area contributed by atoms with E-state index in [4.69, 9.17) is 19.4 Å². The molecule has 0 amide bonds. The molecule has 0 aliphatic heterocycles. The van der Waals surface area contributed by atoms with Crippen LogP contribution < -0.4 is 0 Å². The van der Waals surface area contributed by atoms with Crippen molar-refractivity contribution in [2.45, 2.75) is 5.41 Å². The second-order valence-corrected chi connectivity index (χ2v) is 15.8. The number of fused-ring (bicyclic) bond motifs is 6. The lowest BCUT2D eigenvalue weighted by Crippen LogP contribution is -2.28. The zero-order valence-corrected chi connectivity index (χ0v) is 33.6. The third-order valence-electron chi connectivity index (χ3n) is 12.4. The fraction of sp³-hybridized carbons (Fsp3) is 0.0172. The molecule has 9 aromatic carbocycles. The summed E-state index contributed by atoms with van der Waals surface area (Å²) >= 11 is 0. The van der Waals surface area contributed by atoms with E-state index in [1.165, 1.54) is 44.5 Å². The van der Waals surface area contributed by atoms with Crippen LogP contribution in [0, 0.1) is 0 Å². The van der Waals surface area contributed by atoms with Gasteiger partial charge in [0.25, 0.3) is 0 Å². The van der Waals surface area contributed by atoms with E-state index in [0.717, 1.165) is 49.8 Å². The van der Waals surface area contributed by atoms with Crippen LogP contribution in [0.3, 0.4) is 0 Å². The molecule has 4 heteroatoms. The van der Waals surface area contributed by atoms with Gasteiger partial charge in [-0.15, -0.1) is 0 Å². The van der Waals surface area contributed by atoms with Crippen molar-refractivity contribution in [2.75, 3.05) is 0 Å². The van der Waals surface area contributed by atoms with E-state index < -0.39 is 5.41 Å². The first-order valence-electron chi connectivity index (χ1n) is 21.0. The first-order valence-corrected chi connectivity index (χ1v) is 21.0. The lowest BCUT2D eigenvalue weighted by Gasteiger charge is -2.34. The highest BCUT2D eigenvalue weighted by Gasteiger charge is 2.46. The van der Waals surface area contributed by atoms with E-state index in [9.17, 15) is 0 Å². The van der Waals surface area contributed by atoms with E-state index in [1.54, 1.807) is 0 Å². The Morgan fingerprint density at radius 3 is 1.48 bits per heavy atom. The molecule has 1 aliphatic rings. The minimum atomic E-state index is -0.486. The summed E-state index contributed by atoms with van der Waals surface area (Å²) < 4.78 is 6.59. The molecule has 0 fully saturated rings. The van der Waals surface area contributed by atoms with Gasteiger partial charge in [-0.05, 0) is 73.8 Å². The van der Waals surface area contributed by atoms with Crippen LogP contribution in [0.15, 0.2) is 229 Å². The summed E-state index contributed by atoms with van der Waals surface area (Å²) in [6, 6.07) is 79.5. The molecule has 0 N–H and O–H groups in total. The maximum atomic E-state index is 6.59. The minimum absolute atomic E-state index is 0.486. The Kier molecular flexibility index (Phi) is 8.36. The van der Waals surface area contributed by atoms with Crippen molar-refractivity contribution in [1.82, 2.24) is 15.0 Å². The van der Waals surface area contributed by atoms with Crippen molar-refractivity contribution in [3.8, 4) is 67.5 Å². The van der Waals surface area contributed by atoms with Crippen molar-refractivity contribution in [2.24, 2.45) is 0 Å². The van der Waals surface area contributed by atoms with Crippen molar-refractivity contribution in [3.05, 3.63) is 247 Å². The van der Waals surface area contributed by atoms with Gasteiger partial charge in [0.2, 0.25) is 0 Å². The van der Waals surface area contributed by atoms with Gasteiger partial charge in [0.05, 0.1) is 5.41 Å². The Balaban J connectivity index is 1.06. The normalized spacial score (nSPS) is 12.6. The van der Waals surface area contributed by atoms with Crippen molar-refractivity contribution in [3.63, 3.8) is 0 Å². The van der Waals surface area contributed by atoms with E-state index in [0.29, 0.717) is 17.5 Å². The molecule has 2 aromatic heterocycles. The molecular formula is C58H37N3O. The Morgan fingerprint density at radius 2 is 0.823 bits per heavy atom. The molecular weight excluding hydrogens is 755 g/mol. The zero-order valence-electron chi connectivity index (χ0n) is 33.6. The fourth-order valence-corrected chi connectivity index (χ4v) is 9.80. The highest BCUT2D eigenvalue weighted by atomic mass is 16.3. The van der Waals surface area contributed by atoms with Crippen LogP contribution in [0.2, 0.25) is 0 Å². The smallest absolute Gasteiger partial charge is 0.164 e. The van der Waals surface area contributed by atoms with Gasteiger partial charge in [-0.1, -0.05) is 206 Å². The molecule has 1 aliphatic carbocycles. The Labute approximate surface area is 359 Å². The third-order valence-corrected chi connectivity index (χ3v) is 12.4. The second-order valence-electron chi connectivity index (χ2n) is 15.8.